The van der Waals surface area contributed by atoms with E-state index in [9.17, 15) is 5.11 Å². The van der Waals surface area contributed by atoms with Crippen LogP contribution in [0.2, 0.25) is 0 Å². The van der Waals surface area contributed by atoms with Crippen molar-refractivity contribution < 1.29 is 19.3 Å². The van der Waals surface area contributed by atoms with Crippen LogP contribution in [-0.4, -0.2) is 44.2 Å². The molecule has 0 aliphatic carbocycles. The van der Waals surface area contributed by atoms with Crippen molar-refractivity contribution in [2.45, 2.75) is 32.1 Å². The van der Waals surface area contributed by atoms with Gasteiger partial charge in [0.15, 0.2) is 0 Å². The number of methoxy groups -OCH3 is 1. The van der Waals surface area contributed by atoms with E-state index in [1.165, 1.54) is 0 Å². The topological polar surface area (TPSA) is 73.9 Å². The Hall–Kier alpha value is -1.14. The zero-order valence-corrected chi connectivity index (χ0v) is 12.4. The summed E-state index contributed by atoms with van der Waals surface area (Å²) in [5.41, 5.74) is 6.82. The van der Waals surface area contributed by atoms with Crippen LogP contribution in [0.25, 0.3) is 0 Å². The molecule has 0 heterocycles. The molecular formula is C15H25NO4. The second kappa shape index (κ2) is 8.92. The molecule has 0 saturated carbocycles. The Bertz CT molecular complexity index is 367. The van der Waals surface area contributed by atoms with Crippen LogP contribution in [0, 0.1) is 0 Å². The van der Waals surface area contributed by atoms with Crippen LogP contribution in [0.4, 0.5) is 0 Å². The van der Waals surface area contributed by atoms with Gasteiger partial charge in [0.2, 0.25) is 0 Å². The average Bonchev–Trinajstić information content (AvgIpc) is 2.43. The molecule has 0 amide bonds. The van der Waals surface area contributed by atoms with Crippen LogP contribution in [0.3, 0.4) is 0 Å². The highest BCUT2D eigenvalue weighted by Crippen LogP contribution is 2.16. The SMILES string of the molecule is COCC(C)OCC(O)COc1ccc([C@@H](C)N)cc1. The van der Waals surface area contributed by atoms with Crippen LogP contribution in [0.1, 0.15) is 25.5 Å². The van der Waals surface area contributed by atoms with Crippen molar-refractivity contribution in [3.63, 3.8) is 0 Å². The summed E-state index contributed by atoms with van der Waals surface area (Å²) in [6, 6.07) is 7.54. The Balaban J connectivity index is 2.28. The van der Waals surface area contributed by atoms with Crippen molar-refractivity contribution in [1.29, 1.82) is 0 Å². The van der Waals surface area contributed by atoms with Crippen LogP contribution in [0.5, 0.6) is 5.75 Å². The molecular weight excluding hydrogens is 258 g/mol. The van der Waals surface area contributed by atoms with Gasteiger partial charge in [-0.05, 0) is 31.5 Å². The maximum atomic E-state index is 9.76. The Labute approximate surface area is 120 Å². The fourth-order valence-electron chi connectivity index (χ4n) is 1.67. The molecule has 114 valence electrons. The highest BCUT2D eigenvalue weighted by Gasteiger charge is 2.09. The van der Waals surface area contributed by atoms with E-state index < -0.39 is 6.10 Å². The molecule has 5 heteroatoms. The number of hydrogen-bond acceptors (Lipinski definition) is 5. The molecule has 3 atom stereocenters. The average molecular weight is 283 g/mol. The first kappa shape index (κ1) is 16.9. The van der Waals surface area contributed by atoms with Gasteiger partial charge in [-0.3, -0.25) is 0 Å². The van der Waals surface area contributed by atoms with Gasteiger partial charge in [0.25, 0.3) is 0 Å². The number of benzene rings is 1. The summed E-state index contributed by atoms with van der Waals surface area (Å²) in [5, 5.41) is 9.76. The summed E-state index contributed by atoms with van der Waals surface area (Å²) in [6.07, 6.45) is -0.706. The van der Waals surface area contributed by atoms with Crippen molar-refractivity contribution >= 4 is 0 Å². The normalized spacial score (nSPS) is 15.7. The number of aliphatic hydroxyl groups is 1. The number of rotatable bonds is 9. The van der Waals surface area contributed by atoms with E-state index in [-0.39, 0.29) is 25.4 Å². The maximum absolute atomic E-state index is 9.76. The van der Waals surface area contributed by atoms with Crippen LogP contribution in [-0.2, 0) is 9.47 Å². The minimum Gasteiger partial charge on any atom is -0.491 e. The smallest absolute Gasteiger partial charge is 0.119 e. The van der Waals surface area contributed by atoms with Crippen molar-refractivity contribution in [3.8, 4) is 5.75 Å². The highest BCUT2D eigenvalue weighted by molar-refractivity contribution is 5.28. The molecule has 0 aromatic heterocycles. The predicted octanol–water partition coefficient (Wildman–Crippen LogP) is 1.50. The molecule has 0 fully saturated rings. The van der Waals surface area contributed by atoms with Gasteiger partial charge in [-0.2, -0.15) is 0 Å². The number of hydrogen-bond donors (Lipinski definition) is 2. The molecule has 20 heavy (non-hydrogen) atoms. The second-order valence-electron chi connectivity index (χ2n) is 4.92. The molecule has 2 unspecified atom stereocenters. The monoisotopic (exact) mass is 283 g/mol. The van der Waals surface area contributed by atoms with Crippen molar-refractivity contribution in [2.24, 2.45) is 5.73 Å². The van der Waals surface area contributed by atoms with Gasteiger partial charge in [0.05, 0.1) is 19.3 Å². The van der Waals surface area contributed by atoms with E-state index in [0.717, 1.165) is 5.56 Å². The van der Waals surface area contributed by atoms with Gasteiger partial charge in [-0.25, -0.2) is 0 Å². The van der Waals surface area contributed by atoms with Crippen LogP contribution < -0.4 is 10.5 Å². The van der Waals surface area contributed by atoms with E-state index >= 15 is 0 Å². The van der Waals surface area contributed by atoms with Crippen molar-refractivity contribution in [3.05, 3.63) is 29.8 Å². The van der Waals surface area contributed by atoms with E-state index in [1.807, 2.05) is 38.1 Å². The largest absolute Gasteiger partial charge is 0.491 e. The van der Waals surface area contributed by atoms with Gasteiger partial charge in [-0.15, -0.1) is 0 Å². The molecule has 1 aromatic carbocycles. The summed E-state index contributed by atoms with van der Waals surface area (Å²) in [4.78, 5) is 0. The lowest BCUT2D eigenvalue weighted by Gasteiger charge is -2.16. The van der Waals surface area contributed by atoms with Gasteiger partial charge < -0.3 is 25.1 Å². The molecule has 0 aliphatic heterocycles. The number of aliphatic hydroxyl groups excluding tert-OH is 1. The third kappa shape index (κ3) is 6.34. The fourth-order valence-corrected chi connectivity index (χ4v) is 1.67. The Morgan fingerprint density at radius 2 is 1.75 bits per heavy atom. The van der Waals surface area contributed by atoms with E-state index in [0.29, 0.717) is 12.4 Å². The predicted molar refractivity (Wildman–Crippen MR) is 77.8 cm³/mol. The summed E-state index contributed by atoms with van der Waals surface area (Å²) < 4.78 is 15.9. The Kier molecular flexibility index (Phi) is 7.54. The molecule has 3 N–H and O–H groups in total. The first-order valence-electron chi connectivity index (χ1n) is 6.80. The minimum atomic E-state index is -0.664. The molecule has 1 rings (SSSR count). The summed E-state index contributed by atoms with van der Waals surface area (Å²) in [5.74, 6) is 0.707. The Morgan fingerprint density at radius 1 is 1.10 bits per heavy atom. The van der Waals surface area contributed by atoms with Crippen molar-refractivity contribution in [2.75, 3.05) is 26.9 Å². The summed E-state index contributed by atoms with van der Waals surface area (Å²) in [7, 11) is 1.62. The first-order valence-corrected chi connectivity index (χ1v) is 6.80. The van der Waals surface area contributed by atoms with Gasteiger partial charge >= 0.3 is 0 Å². The van der Waals surface area contributed by atoms with Crippen molar-refractivity contribution in [1.82, 2.24) is 0 Å². The molecule has 0 bridgehead atoms. The van der Waals surface area contributed by atoms with Gasteiger partial charge in [0, 0.05) is 13.2 Å². The Morgan fingerprint density at radius 3 is 2.30 bits per heavy atom. The van der Waals surface area contributed by atoms with Gasteiger partial charge in [0.1, 0.15) is 18.5 Å². The molecule has 0 radical (unpaired) electrons. The molecule has 0 aliphatic rings. The standard InChI is InChI=1S/C15H25NO4/c1-11(8-18-3)19-9-14(17)10-20-15-6-4-13(5-7-15)12(2)16/h4-7,11-12,14,17H,8-10,16H2,1-3H3/t11?,12-,14?/m1/s1. The lowest BCUT2D eigenvalue weighted by molar-refractivity contribution is -0.0423. The molecule has 0 spiro atoms. The number of ether oxygens (including phenoxy) is 3. The summed E-state index contributed by atoms with van der Waals surface area (Å²) in [6.45, 7) is 4.74. The first-order chi connectivity index (χ1) is 9.52. The third-order valence-electron chi connectivity index (χ3n) is 2.82. The fraction of sp³-hybridized carbons (Fsp3) is 0.600. The highest BCUT2D eigenvalue weighted by atomic mass is 16.5. The molecule has 0 saturated heterocycles. The van der Waals surface area contributed by atoms with Crippen LogP contribution >= 0.6 is 0 Å². The van der Waals surface area contributed by atoms with E-state index in [2.05, 4.69) is 0 Å². The summed E-state index contributed by atoms with van der Waals surface area (Å²) >= 11 is 0. The maximum Gasteiger partial charge on any atom is 0.119 e. The zero-order valence-electron chi connectivity index (χ0n) is 12.4. The molecule has 1 aromatic rings. The second-order valence-corrected chi connectivity index (χ2v) is 4.92. The lowest BCUT2D eigenvalue weighted by Crippen LogP contribution is -2.27. The minimum absolute atomic E-state index is 0.00492. The third-order valence-corrected chi connectivity index (χ3v) is 2.82. The number of nitrogens with two attached hydrogens (primary N) is 1. The zero-order chi connectivity index (χ0) is 15.0. The van der Waals surface area contributed by atoms with Crippen LogP contribution in [0.15, 0.2) is 24.3 Å². The van der Waals surface area contributed by atoms with Gasteiger partial charge in [-0.1, -0.05) is 12.1 Å². The van der Waals surface area contributed by atoms with E-state index in [4.69, 9.17) is 19.9 Å². The lowest BCUT2D eigenvalue weighted by atomic mass is 10.1. The molecule has 5 nitrogen and oxygen atoms in total. The van der Waals surface area contributed by atoms with E-state index in [1.54, 1.807) is 7.11 Å². The quantitative estimate of drug-likeness (QED) is 0.718.